The fourth-order valence-electron chi connectivity index (χ4n) is 2.63. The molecule has 0 saturated heterocycles. The molecule has 0 spiro atoms. The number of hydrogen-bond acceptors (Lipinski definition) is 6. The number of nitrogens with one attached hydrogen (secondary N) is 2. The number of H-pyrrole nitrogens is 1. The molecule has 150 valence electrons. The number of nitrogens with zero attached hydrogens (tertiary/aromatic N) is 3. The van der Waals surface area contributed by atoms with Gasteiger partial charge in [-0.3, -0.25) is 0 Å². The fourth-order valence-corrected chi connectivity index (χ4v) is 3.02. The van der Waals surface area contributed by atoms with Crippen LogP contribution >= 0.6 is 23.2 Å². The maximum Gasteiger partial charge on any atom is 0.573 e. The van der Waals surface area contributed by atoms with Crippen molar-refractivity contribution in [3.8, 4) is 17.3 Å². The molecule has 2 heterocycles. The van der Waals surface area contributed by atoms with Gasteiger partial charge in [-0.05, 0) is 41.1 Å². The lowest BCUT2D eigenvalue weighted by molar-refractivity contribution is -0.274. The van der Waals surface area contributed by atoms with Gasteiger partial charge in [-0.25, -0.2) is 0 Å². The van der Waals surface area contributed by atoms with E-state index in [1.165, 1.54) is 12.1 Å². The maximum atomic E-state index is 12.5. The van der Waals surface area contributed by atoms with Crippen molar-refractivity contribution in [2.75, 3.05) is 5.32 Å². The Morgan fingerprint density at radius 1 is 1.10 bits per heavy atom. The largest absolute Gasteiger partial charge is 0.573 e. The molecule has 0 amide bonds. The standard InChI is InChI=1S/C17H10Cl2F3N5O2/c18-11-2-1-10(6-14(11)29-17(20,21)22)23-7-9-5-13-8(3-12(9)19)4-15(28-13)16-24-26-27-25-16/h1-6,23H,7H2,(H,24,25,26,27). The Bertz CT molecular complexity index is 1160. The van der Waals surface area contributed by atoms with Gasteiger partial charge in [-0.1, -0.05) is 23.2 Å². The molecule has 0 atom stereocenters. The normalized spacial score (nSPS) is 11.8. The number of hydrogen-bond donors (Lipinski definition) is 2. The third-order valence-electron chi connectivity index (χ3n) is 3.89. The average Bonchev–Trinajstić information content (AvgIpc) is 3.30. The number of anilines is 1. The highest BCUT2D eigenvalue weighted by Gasteiger charge is 2.32. The summed E-state index contributed by atoms with van der Waals surface area (Å²) in [5.41, 5.74) is 1.58. The molecule has 4 aromatic rings. The van der Waals surface area contributed by atoms with E-state index in [1.807, 2.05) is 0 Å². The van der Waals surface area contributed by atoms with Crippen LogP contribution in [-0.2, 0) is 6.54 Å². The van der Waals surface area contributed by atoms with Crippen LogP contribution in [0.2, 0.25) is 10.0 Å². The molecule has 0 aliphatic rings. The van der Waals surface area contributed by atoms with E-state index < -0.39 is 12.1 Å². The van der Waals surface area contributed by atoms with E-state index in [2.05, 4.69) is 30.7 Å². The first-order valence-electron chi connectivity index (χ1n) is 8.03. The van der Waals surface area contributed by atoms with E-state index in [9.17, 15) is 13.2 Å². The van der Waals surface area contributed by atoms with Crippen LogP contribution in [0.4, 0.5) is 18.9 Å². The molecule has 2 aromatic carbocycles. The predicted molar refractivity (Wildman–Crippen MR) is 99.9 cm³/mol. The van der Waals surface area contributed by atoms with E-state index in [1.54, 1.807) is 18.2 Å². The lowest BCUT2D eigenvalue weighted by Gasteiger charge is -2.13. The van der Waals surface area contributed by atoms with Crippen molar-refractivity contribution in [1.82, 2.24) is 20.6 Å². The first kappa shape index (κ1) is 19.3. The van der Waals surface area contributed by atoms with Gasteiger partial charge in [0.25, 0.3) is 0 Å². The molecule has 0 aliphatic heterocycles. The quantitative estimate of drug-likeness (QED) is 0.427. The Hall–Kier alpha value is -2.98. The Labute approximate surface area is 170 Å². The van der Waals surface area contributed by atoms with Crippen molar-refractivity contribution < 1.29 is 22.3 Å². The summed E-state index contributed by atoms with van der Waals surface area (Å²) in [6.07, 6.45) is -4.84. The van der Waals surface area contributed by atoms with Crippen molar-refractivity contribution in [3.05, 3.63) is 52.0 Å². The Kier molecular flexibility index (Phi) is 4.97. The molecule has 0 saturated carbocycles. The van der Waals surface area contributed by atoms with Crippen LogP contribution in [0, 0.1) is 0 Å². The lowest BCUT2D eigenvalue weighted by Crippen LogP contribution is -2.17. The van der Waals surface area contributed by atoms with Gasteiger partial charge in [0.1, 0.15) is 11.3 Å². The van der Waals surface area contributed by atoms with Gasteiger partial charge < -0.3 is 14.5 Å². The number of fused-ring (bicyclic) bond motifs is 1. The Balaban J connectivity index is 1.55. The second kappa shape index (κ2) is 7.45. The Morgan fingerprint density at radius 2 is 1.93 bits per heavy atom. The number of benzene rings is 2. The molecule has 0 bridgehead atoms. The highest BCUT2D eigenvalue weighted by Crippen LogP contribution is 2.34. The SMILES string of the molecule is FC(F)(F)Oc1cc(NCc2cc3oc(-c4nn[nH]n4)cc3cc2Cl)ccc1Cl. The number of alkyl halides is 3. The van der Waals surface area contributed by atoms with E-state index in [0.29, 0.717) is 33.4 Å². The van der Waals surface area contributed by atoms with Crippen molar-refractivity contribution in [2.24, 2.45) is 0 Å². The second-order valence-corrected chi connectivity index (χ2v) is 6.69. The molecule has 2 N–H and O–H groups in total. The zero-order chi connectivity index (χ0) is 20.6. The Morgan fingerprint density at radius 3 is 2.66 bits per heavy atom. The average molecular weight is 444 g/mol. The third-order valence-corrected chi connectivity index (χ3v) is 4.56. The topological polar surface area (TPSA) is 88.9 Å². The van der Waals surface area contributed by atoms with Crippen LogP contribution in [0.25, 0.3) is 22.6 Å². The maximum absolute atomic E-state index is 12.5. The van der Waals surface area contributed by atoms with E-state index >= 15 is 0 Å². The van der Waals surface area contributed by atoms with E-state index in [-0.39, 0.29) is 11.6 Å². The van der Waals surface area contributed by atoms with E-state index in [0.717, 1.165) is 11.5 Å². The first-order chi connectivity index (χ1) is 13.8. The highest BCUT2D eigenvalue weighted by atomic mass is 35.5. The molecule has 2 aromatic heterocycles. The van der Waals surface area contributed by atoms with Gasteiger partial charge in [-0.15, -0.1) is 23.4 Å². The summed E-state index contributed by atoms with van der Waals surface area (Å²) in [5, 5.41) is 17.5. The van der Waals surface area contributed by atoms with Crippen molar-refractivity contribution >= 4 is 39.9 Å². The van der Waals surface area contributed by atoms with Gasteiger partial charge in [-0.2, -0.15) is 5.21 Å². The second-order valence-electron chi connectivity index (χ2n) is 5.87. The number of halogens is 5. The van der Waals surface area contributed by atoms with Crippen LogP contribution in [0.15, 0.2) is 40.8 Å². The van der Waals surface area contributed by atoms with Crippen molar-refractivity contribution in [2.45, 2.75) is 12.9 Å². The minimum absolute atomic E-state index is 0.156. The molecule has 7 nitrogen and oxygen atoms in total. The third kappa shape index (κ3) is 4.38. The van der Waals surface area contributed by atoms with E-state index in [4.69, 9.17) is 27.6 Å². The lowest BCUT2D eigenvalue weighted by atomic mass is 10.1. The summed E-state index contributed by atoms with van der Waals surface area (Å²) in [5.74, 6) is 0.221. The van der Waals surface area contributed by atoms with Crippen LogP contribution in [0.5, 0.6) is 5.75 Å². The van der Waals surface area contributed by atoms with Crippen LogP contribution in [0.3, 0.4) is 0 Å². The fraction of sp³-hybridized carbons (Fsp3) is 0.118. The number of ether oxygens (including phenoxy) is 1. The van der Waals surface area contributed by atoms with Gasteiger partial charge >= 0.3 is 6.36 Å². The van der Waals surface area contributed by atoms with Gasteiger partial charge in [0.05, 0.1) is 5.02 Å². The molecule has 0 fully saturated rings. The number of aromatic amines is 1. The molecule has 0 unspecified atom stereocenters. The summed E-state index contributed by atoms with van der Waals surface area (Å²) in [4.78, 5) is 0. The first-order valence-corrected chi connectivity index (χ1v) is 8.79. The van der Waals surface area contributed by atoms with Gasteiger partial charge in [0, 0.05) is 28.7 Å². The summed E-state index contributed by atoms with van der Waals surface area (Å²) in [7, 11) is 0. The summed E-state index contributed by atoms with van der Waals surface area (Å²) >= 11 is 12.1. The molecule has 0 aliphatic carbocycles. The summed E-state index contributed by atoms with van der Waals surface area (Å²) in [6.45, 7) is 0.222. The highest BCUT2D eigenvalue weighted by molar-refractivity contribution is 6.32. The van der Waals surface area contributed by atoms with Crippen molar-refractivity contribution in [3.63, 3.8) is 0 Å². The molecular weight excluding hydrogens is 434 g/mol. The van der Waals surface area contributed by atoms with Crippen LogP contribution in [0.1, 0.15) is 5.56 Å². The number of tetrazole rings is 1. The van der Waals surface area contributed by atoms with Crippen LogP contribution in [-0.4, -0.2) is 27.0 Å². The molecular formula is C17H10Cl2F3N5O2. The molecule has 4 rings (SSSR count). The van der Waals surface area contributed by atoms with Crippen LogP contribution < -0.4 is 10.1 Å². The van der Waals surface area contributed by atoms with Crippen molar-refractivity contribution in [1.29, 1.82) is 0 Å². The number of furan rings is 1. The smallest absolute Gasteiger partial charge is 0.453 e. The number of rotatable bonds is 5. The summed E-state index contributed by atoms with van der Waals surface area (Å²) < 4.78 is 47.0. The van der Waals surface area contributed by atoms with Gasteiger partial charge in [0.2, 0.25) is 5.82 Å². The predicted octanol–water partition coefficient (Wildman–Crippen LogP) is 5.43. The minimum Gasteiger partial charge on any atom is -0.453 e. The van der Waals surface area contributed by atoms with Gasteiger partial charge in [0.15, 0.2) is 5.76 Å². The minimum atomic E-state index is -4.84. The monoisotopic (exact) mass is 443 g/mol. The molecule has 12 heteroatoms. The summed E-state index contributed by atoms with van der Waals surface area (Å²) in [6, 6.07) is 9.14. The molecule has 29 heavy (non-hydrogen) atoms. The zero-order valence-electron chi connectivity index (χ0n) is 14.2. The molecule has 0 radical (unpaired) electrons. The number of aromatic nitrogens is 4. The zero-order valence-corrected chi connectivity index (χ0v) is 15.7.